The summed E-state index contributed by atoms with van der Waals surface area (Å²) in [7, 11) is 3.26. The number of ether oxygens (including phenoxy) is 3. The Hall–Kier alpha value is -3.72. The number of benzene rings is 2. The number of piperazine rings is 1. The summed E-state index contributed by atoms with van der Waals surface area (Å²) in [6.07, 6.45) is 0. The maximum Gasteiger partial charge on any atom is 0.338 e. The lowest BCUT2D eigenvalue weighted by Crippen LogP contribution is -2.51. The van der Waals surface area contributed by atoms with Gasteiger partial charge in [0.25, 0.3) is 0 Å². The van der Waals surface area contributed by atoms with E-state index >= 15 is 0 Å². The molecular formula is C26H32N4O5. The number of hydrogen-bond donors (Lipinski definition) is 2. The fourth-order valence-electron chi connectivity index (χ4n) is 4.53. The molecule has 1 atom stereocenters. The van der Waals surface area contributed by atoms with Crippen molar-refractivity contribution in [3.8, 4) is 11.5 Å². The van der Waals surface area contributed by atoms with E-state index < -0.39 is 12.0 Å². The first-order chi connectivity index (χ1) is 17.0. The molecule has 0 aliphatic carbocycles. The van der Waals surface area contributed by atoms with E-state index in [1.807, 2.05) is 42.5 Å². The van der Waals surface area contributed by atoms with Crippen LogP contribution in [0.1, 0.15) is 18.5 Å². The number of hydrogen-bond acceptors (Lipinski definition) is 7. The van der Waals surface area contributed by atoms with Crippen LogP contribution >= 0.6 is 0 Å². The van der Waals surface area contributed by atoms with E-state index in [9.17, 15) is 9.59 Å². The smallest absolute Gasteiger partial charge is 0.338 e. The molecule has 1 saturated heterocycles. The first-order valence-electron chi connectivity index (χ1n) is 11.8. The van der Waals surface area contributed by atoms with Crippen molar-refractivity contribution >= 4 is 17.7 Å². The molecule has 0 unspecified atom stereocenters. The summed E-state index contributed by atoms with van der Waals surface area (Å²) in [5.41, 5.74) is 2.78. The van der Waals surface area contributed by atoms with E-state index in [1.165, 1.54) is 0 Å². The number of esters is 1. The van der Waals surface area contributed by atoms with Gasteiger partial charge in [0.2, 0.25) is 0 Å². The van der Waals surface area contributed by atoms with Crippen LogP contribution in [0.5, 0.6) is 11.5 Å². The Kier molecular flexibility index (Phi) is 7.77. The Morgan fingerprint density at radius 3 is 2.51 bits per heavy atom. The lowest BCUT2D eigenvalue weighted by molar-refractivity contribution is -0.139. The summed E-state index contributed by atoms with van der Waals surface area (Å²) in [5.74, 6) is 1.04. The SMILES string of the molecule is CCOC(=O)C1=C(CN2CCN(c3ccccc3OC)CC2)NC(=O)N[C@@H]1c1cccc(OC)c1. The van der Waals surface area contributed by atoms with E-state index in [2.05, 4.69) is 26.5 Å². The monoisotopic (exact) mass is 480 g/mol. The van der Waals surface area contributed by atoms with Gasteiger partial charge in [-0.3, -0.25) is 4.90 Å². The summed E-state index contributed by atoms with van der Waals surface area (Å²) < 4.78 is 16.2. The molecule has 9 heteroatoms. The molecule has 2 N–H and O–H groups in total. The summed E-state index contributed by atoms with van der Waals surface area (Å²) in [6.45, 7) is 5.58. The zero-order valence-electron chi connectivity index (χ0n) is 20.4. The zero-order valence-corrected chi connectivity index (χ0v) is 20.4. The fraction of sp³-hybridized carbons (Fsp3) is 0.385. The molecule has 0 saturated carbocycles. The molecule has 2 heterocycles. The van der Waals surface area contributed by atoms with Gasteiger partial charge in [-0.25, -0.2) is 9.59 Å². The van der Waals surface area contributed by atoms with E-state index in [0.717, 1.165) is 43.2 Å². The van der Waals surface area contributed by atoms with Crippen molar-refractivity contribution in [2.24, 2.45) is 0 Å². The number of para-hydroxylation sites is 2. The van der Waals surface area contributed by atoms with E-state index in [0.29, 0.717) is 23.6 Å². The Morgan fingerprint density at radius 2 is 1.80 bits per heavy atom. The van der Waals surface area contributed by atoms with Gasteiger partial charge >= 0.3 is 12.0 Å². The molecule has 0 spiro atoms. The van der Waals surface area contributed by atoms with Crippen molar-refractivity contribution in [2.45, 2.75) is 13.0 Å². The Balaban J connectivity index is 1.57. The third-order valence-electron chi connectivity index (χ3n) is 6.26. The Morgan fingerprint density at radius 1 is 1.03 bits per heavy atom. The van der Waals surface area contributed by atoms with Crippen LogP contribution in [-0.4, -0.2) is 70.5 Å². The van der Waals surface area contributed by atoms with Crippen LogP contribution in [0.3, 0.4) is 0 Å². The van der Waals surface area contributed by atoms with Gasteiger partial charge in [-0.15, -0.1) is 0 Å². The minimum atomic E-state index is -0.636. The normalized spacial score (nSPS) is 18.5. The predicted molar refractivity (Wildman–Crippen MR) is 133 cm³/mol. The average Bonchev–Trinajstić information content (AvgIpc) is 2.89. The van der Waals surface area contributed by atoms with Gasteiger partial charge in [-0.1, -0.05) is 24.3 Å². The first-order valence-corrected chi connectivity index (χ1v) is 11.8. The lowest BCUT2D eigenvalue weighted by Gasteiger charge is -2.38. The molecule has 186 valence electrons. The second-order valence-electron chi connectivity index (χ2n) is 8.36. The van der Waals surface area contributed by atoms with Crippen molar-refractivity contribution in [3.05, 3.63) is 65.4 Å². The van der Waals surface area contributed by atoms with E-state index in [-0.39, 0.29) is 12.6 Å². The molecule has 1 fully saturated rings. The molecule has 2 aliphatic heterocycles. The summed E-state index contributed by atoms with van der Waals surface area (Å²) in [4.78, 5) is 30.2. The van der Waals surface area contributed by atoms with Gasteiger partial charge in [0, 0.05) is 38.4 Å². The largest absolute Gasteiger partial charge is 0.497 e. The van der Waals surface area contributed by atoms with Crippen LogP contribution in [0.2, 0.25) is 0 Å². The first kappa shape index (κ1) is 24.4. The van der Waals surface area contributed by atoms with Crippen molar-refractivity contribution < 1.29 is 23.8 Å². The number of nitrogens with one attached hydrogen (secondary N) is 2. The molecule has 0 bridgehead atoms. The van der Waals surface area contributed by atoms with Crippen molar-refractivity contribution in [2.75, 3.05) is 58.5 Å². The molecule has 2 aliphatic rings. The highest BCUT2D eigenvalue weighted by molar-refractivity contribution is 5.95. The topological polar surface area (TPSA) is 92.4 Å². The molecule has 9 nitrogen and oxygen atoms in total. The van der Waals surface area contributed by atoms with Crippen LogP contribution in [0, 0.1) is 0 Å². The number of urea groups is 1. The van der Waals surface area contributed by atoms with E-state index in [1.54, 1.807) is 21.1 Å². The van der Waals surface area contributed by atoms with Gasteiger partial charge in [0.05, 0.1) is 38.1 Å². The second kappa shape index (κ2) is 11.1. The number of anilines is 1. The summed E-state index contributed by atoms with van der Waals surface area (Å²) in [6, 6.07) is 14.3. The minimum Gasteiger partial charge on any atom is -0.497 e. The van der Waals surface area contributed by atoms with Crippen molar-refractivity contribution in [1.82, 2.24) is 15.5 Å². The molecule has 2 aromatic rings. The van der Waals surface area contributed by atoms with Crippen molar-refractivity contribution in [1.29, 1.82) is 0 Å². The summed E-state index contributed by atoms with van der Waals surface area (Å²) in [5, 5.41) is 5.74. The third kappa shape index (κ3) is 5.51. The average molecular weight is 481 g/mol. The molecule has 0 radical (unpaired) electrons. The quantitative estimate of drug-likeness (QED) is 0.562. The number of methoxy groups -OCH3 is 2. The number of carbonyl (C=O) groups excluding carboxylic acids is 2. The van der Waals surface area contributed by atoms with Gasteiger partial charge < -0.3 is 29.7 Å². The van der Waals surface area contributed by atoms with Crippen molar-refractivity contribution in [3.63, 3.8) is 0 Å². The van der Waals surface area contributed by atoms with Gasteiger partial charge in [-0.2, -0.15) is 0 Å². The fourth-order valence-corrected chi connectivity index (χ4v) is 4.53. The standard InChI is InChI=1S/C26H32N4O5/c1-4-35-25(31)23-20(27-26(32)28-24(23)18-8-7-9-19(16-18)33-2)17-29-12-14-30(15-13-29)21-10-5-6-11-22(21)34-3/h5-11,16,24H,4,12-15,17H2,1-3H3,(H2,27,28,32)/t24-/m1/s1. The lowest BCUT2D eigenvalue weighted by atomic mass is 9.94. The van der Waals surface area contributed by atoms with Crippen LogP contribution < -0.4 is 25.0 Å². The van der Waals surface area contributed by atoms with Gasteiger partial charge in [0.15, 0.2) is 0 Å². The number of carbonyl (C=O) groups is 2. The highest BCUT2D eigenvalue weighted by Gasteiger charge is 2.35. The highest BCUT2D eigenvalue weighted by atomic mass is 16.5. The van der Waals surface area contributed by atoms with Gasteiger partial charge in [-0.05, 0) is 36.8 Å². The minimum absolute atomic E-state index is 0.242. The number of amides is 2. The third-order valence-corrected chi connectivity index (χ3v) is 6.26. The maximum atomic E-state index is 13.1. The van der Waals surface area contributed by atoms with Crippen LogP contribution in [0.4, 0.5) is 10.5 Å². The van der Waals surface area contributed by atoms with Crippen LogP contribution in [0.25, 0.3) is 0 Å². The molecule has 2 amide bonds. The molecular weight excluding hydrogens is 448 g/mol. The zero-order chi connectivity index (χ0) is 24.8. The van der Waals surface area contributed by atoms with Crippen LogP contribution in [0.15, 0.2) is 59.8 Å². The molecule has 35 heavy (non-hydrogen) atoms. The Labute approximate surface area is 205 Å². The number of nitrogens with zero attached hydrogens (tertiary/aromatic N) is 2. The van der Waals surface area contributed by atoms with Gasteiger partial charge in [0.1, 0.15) is 11.5 Å². The highest BCUT2D eigenvalue weighted by Crippen LogP contribution is 2.31. The van der Waals surface area contributed by atoms with Crippen LogP contribution in [-0.2, 0) is 9.53 Å². The molecule has 4 rings (SSSR count). The van der Waals surface area contributed by atoms with E-state index in [4.69, 9.17) is 14.2 Å². The molecule has 0 aromatic heterocycles. The summed E-state index contributed by atoms with van der Waals surface area (Å²) >= 11 is 0. The second-order valence-corrected chi connectivity index (χ2v) is 8.36. The predicted octanol–water partition coefficient (Wildman–Crippen LogP) is 2.70. The molecule has 2 aromatic carbocycles. The maximum absolute atomic E-state index is 13.1. The Bertz CT molecular complexity index is 1090. The number of rotatable bonds is 8.